The van der Waals surface area contributed by atoms with Crippen LogP contribution in [0.3, 0.4) is 0 Å². The molecule has 0 radical (unpaired) electrons. The largest absolute Gasteiger partial charge is 0.480 e. The first kappa shape index (κ1) is 18.5. The van der Waals surface area contributed by atoms with Crippen LogP contribution in [-0.2, 0) is 20.9 Å². The Kier molecular flexibility index (Phi) is 7.59. The Morgan fingerprint density at radius 3 is 2.39 bits per heavy atom. The zero-order chi connectivity index (χ0) is 17.2. The lowest BCUT2D eigenvalue weighted by Gasteiger charge is -2.17. The van der Waals surface area contributed by atoms with Gasteiger partial charge in [0.15, 0.2) is 0 Å². The van der Waals surface area contributed by atoms with E-state index in [1.165, 1.54) is 0 Å². The molecule has 0 saturated heterocycles. The Bertz CT molecular complexity index is 531. The zero-order valence-electron chi connectivity index (χ0n) is 13.2. The Morgan fingerprint density at radius 2 is 1.83 bits per heavy atom. The summed E-state index contributed by atoms with van der Waals surface area (Å²) in [6, 6.07) is 8.27. The minimum atomic E-state index is -1.08. The molecule has 3 N–H and O–H groups in total. The molecule has 0 saturated carbocycles. The zero-order valence-corrected chi connectivity index (χ0v) is 13.2. The Morgan fingerprint density at radius 1 is 1.17 bits per heavy atom. The van der Waals surface area contributed by atoms with Gasteiger partial charge in [-0.2, -0.15) is 0 Å². The van der Waals surface area contributed by atoms with Gasteiger partial charge in [0.2, 0.25) is 5.91 Å². The van der Waals surface area contributed by atoms with Crippen molar-refractivity contribution in [3.8, 4) is 0 Å². The molecular weight excluding hydrogens is 300 g/mol. The van der Waals surface area contributed by atoms with Gasteiger partial charge in [-0.1, -0.05) is 44.2 Å². The molecule has 7 nitrogen and oxygen atoms in total. The number of alkyl carbamates (subject to hydrolysis) is 1. The van der Waals surface area contributed by atoms with Crippen molar-refractivity contribution in [2.75, 3.05) is 6.54 Å². The summed E-state index contributed by atoms with van der Waals surface area (Å²) in [5.74, 6) is -1.74. The fourth-order valence-electron chi connectivity index (χ4n) is 1.81. The quantitative estimate of drug-likeness (QED) is 0.673. The standard InChI is InChI=1S/C16H22N2O5/c1-11(2)14(15(20)21)18-13(19)8-9-17-16(22)23-10-12-6-4-3-5-7-12/h3-7,11,14H,8-10H2,1-2H3,(H,17,22)(H,18,19)(H,20,21)/t14-/m0/s1. The van der Waals surface area contributed by atoms with Crippen LogP contribution in [-0.4, -0.2) is 35.7 Å². The first-order valence-electron chi connectivity index (χ1n) is 7.37. The van der Waals surface area contributed by atoms with Gasteiger partial charge in [0.25, 0.3) is 0 Å². The van der Waals surface area contributed by atoms with Crippen LogP contribution in [0.1, 0.15) is 25.8 Å². The van der Waals surface area contributed by atoms with Gasteiger partial charge in [-0.15, -0.1) is 0 Å². The third kappa shape index (κ3) is 7.30. The van der Waals surface area contributed by atoms with Crippen LogP contribution in [0.15, 0.2) is 30.3 Å². The van der Waals surface area contributed by atoms with Gasteiger partial charge in [0, 0.05) is 13.0 Å². The molecule has 0 aromatic heterocycles. The van der Waals surface area contributed by atoms with Crippen molar-refractivity contribution in [1.29, 1.82) is 0 Å². The highest BCUT2D eigenvalue weighted by Crippen LogP contribution is 2.02. The number of rotatable bonds is 8. The summed E-state index contributed by atoms with van der Waals surface area (Å²) >= 11 is 0. The summed E-state index contributed by atoms with van der Waals surface area (Å²) < 4.78 is 4.99. The summed E-state index contributed by atoms with van der Waals surface area (Å²) in [6.45, 7) is 3.63. The molecule has 0 heterocycles. The monoisotopic (exact) mass is 322 g/mol. The lowest BCUT2D eigenvalue weighted by molar-refractivity contribution is -0.143. The second-order valence-corrected chi connectivity index (χ2v) is 5.37. The molecule has 1 aromatic rings. The molecule has 1 atom stereocenters. The van der Waals surface area contributed by atoms with Crippen LogP contribution in [0, 0.1) is 5.92 Å². The molecule has 0 aliphatic rings. The minimum absolute atomic E-state index is 0.0169. The molecule has 126 valence electrons. The number of carboxylic acid groups (broad SMARTS) is 1. The smallest absolute Gasteiger partial charge is 0.407 e. The number of carboxylic acids is 1. The Hall–Kier alpha value is -2.57. The predicted octanol–water partition coefficient (Wildman–Crippen LogP) is 1.53. The van der Waals surface area contributed by atoms with Crippen molar-refractivity contribution in [3.63, 3.8) is 0 Å². The predicted molar refractivity (Wildman–Crippen MR) is 83.7 cm³/mol. The van der Waals surface area contributed by atoms with Crippen LogP contribution in [0.4, 0.5) is 4.79 Å². The highest BCUT2D eigenvalue weighted by Gasteiger charge is 2.23. The number of nitrogens with one attached hydrogen (secondary N) is 2. The fraction of sp³-hybridized carbons (Fsp3) is 0.438. The van der Waals surface area contributed by atoms with E-state index in [-0.39, 0.29) is 25.5 Å². The topological polar surface area (TPSA) is 105 Å². The van der Waals surface area contributed by atoms with Gasteiger partial charge in [0.1, 0.15) is 12.6 Å². The first-order chi connectivity index (χ1) is 10.9. The van der Waals surface area contributed by atoms with E-state index in [0.29, 0.717) is 0 Å². The maximum atomic E-state index is 11.7. The van der Waals surface area contributed by atoms with E-state index in [0.717, 1.165) is 5.56 Å². The van der Waals surface area contributed by atoms with E-state index >= 15 is 0 Å². The third-order valence-corrected chi connectivity index (χ3v) is 3.08. The number of hydrogen-bond donors (Lipinski definition) is 3. The number of carbonyl (C=O) groups excluding carboxylic acids is 2. The van der Waals surface area contributed by atoms with Gasteiger partial charge in [-0.25, -0.2) is 9.59 Å². The lowest BCUT2D eigenvalue weighted by Crippen LogP contribution is -2.45. The number of aliphatic carboxylic acids is 1. The summed E-state index contributed by atoms with van der Waals surface area (Å²) in [5, 5.41) is 13.8. The minimum Gasteiger partial charge on any atom is -0.480 e. The van der Waals surface area contributed by atoms with E-state index in [9.17, 15) is 14.4 Å². The van der Waals surface area contributed by atoms with Gasteiger partial charge < -0.3 is 20.5 Å². The Labute approximate surface area is 135 Å². The maximum Gasteiger partial charge on any atom is 0.407 e. The number of amides is 2. The van der Waals surface area contributed by atoms with E-state index in [1.807, 2.05) is 30.3 Å². The lowest BCUT2D eigenvalue weighted by atomic mass is 10.0. The number of benzene rings is 1. The van der Waals surface area contributed by atoms with Crippen LogP contribution < -0.4 is 10.6 Å². The molecular formula is C16H22N2O5. The van der Waals surface area contributed by atoms with Gasteiger partial charge in [-0.05, 0) is 11.5 Å². The summed E-state index contributed by atoms with van der Waals surface area (Å²) in [7, 11) is 0. The second-order valence-electron chi connectivity index (χ2n) is 5.37. The third-order valence-electron chi connectivity index (χ3n) is 3.08. The van der Waals surface area contributed by atoms with Crippen molar-refractivity contribution in [1.82, 2.24) is 10.6 Å². The van der Waals surface area contributed by atoms with Gasteiger partial charge >= 0.3 is 12.1 Å². The normalized spacial score (nSPS) is 11.6. The van der Waals surface area contributed by atoms with E-state index in [2.05, 4.69) is 10.6 Å². The molecule has 0 aliphatic heterocycles. The Balaban J connectivity index is 2.23. The van der Waals surface area contributed by atoms with Crippen molar-refractivity contribution in [3.05, 3.63) is 35.9 Å². The van der Waals surface area contributed by atoms with Crippen molar-refractivity contribution in [2.24, 2.45) is 5.92 Å². The molecule has 0 unspecified atom stereocenters. The molecule has 1 rings (SSSR count). The molecule has 0 bridgehead atoms. The highest BCUT2D eigenvalue weighted by molar-refractivity contribution is 5.84. The van der Waals surface area contributed by atoms with Crippen molar-refractivity contribution < 1.29 is 24.2 Å². The second kappa shape index (κ2) is 9.45. The van der Waals surface area contributed by atoms with E-state index in [4.69, 9.17) is 9.84 Å². The highest BCUT2D eigenvalue weighted by atomic mass is 16.5. The molecule has 7 heteroatoms. The number of hydrogen-bond acceptors (Lipinski definition) is 4. The average molecular weight is 322 g/mol. The van der Waals surface area contributed by atoms with Gasteiger partial charge in [0.05, 0.1) is 0 Å². The molecule has 0 fully saturated rings. The molecule has 23 heavy (non-hydrogen) atoms. The van der Waals surface area contributed by atoms with E-state index in [1.54, 1.807) is 13.8 Å². The molecule has 0 aliphatic carbocycles. The van der Waals surface area contributed by atoms with Crippen LogP contribution in [0.2, 0.25) is 0 Å². The maximum absolute atomic E-state index is 11.7. The van der Waals surface area contributed by atoms with Crippen molar-refractivity contribution in [2.45, 2.75) is 32.9 Å². The SMILES string of the molecule is CC(C)[C@H](NC(=O)CCNC(=O)OCc1ccccc1)C(=O)O. The summed E-state index contributed by atoms with van der Waals surface area (Å²) in [6.07, 6.45) is -0.642. The summed E-state index contributed by atoms with van der Waals surface area (Å²) in [5.41, 5.74) is 0.863. The fourth-order valence-corrected chi connectivity index (χ4v) is 1.81. The molecule has 0 spiro atoms. The first-order valence-corrected chi connectivity index (χ1v) is 7.37. The van der Waals surface area contributed by atoms with Crippen LogP contribution in [0.5, 0.6) is 0 Å². The van der Waals surface area contributed by atoms with E-state index < -0.39 is 24.0 Å². The molecule has 2 amide bonds. The van der Waals surface area contributed by atoms with Crippen molar-refractivity contribution >= 4 is 18.0 Å². The number of carbonyl (C=O) groups is 3. The van der Waals surface area contributed by atoms with Crippen LogP contribution in [0.25, 0.3) is 0 Å². The average Bonchev–Trinajstić information content (AvgIpc) is 2.51. The summed E-state index contributed by atoms with van der Waals surface area (Å²) in [4.78, 5) is 34.1. The van der Waals surface area contributed by atoms with Crippen LogP contribution >= 0.6 is 0 Å². The number of ether oxygens (including phenoxy) is 1. The molecule has 1 aromatic carbocycles. The van der Waals surface area contributed by atoms with Gasteiger partial charge in [-0.3, -0.25) is 4.79 Å².